The second-order valence-electron chi connectivity index (χ2n) is 5.23. The summed E-state index contributed by atoms with van der Waals surface area (Å²) in [7, 11) is 0. The molecule has 3 aromatic carbocycles. The topological polar surface area (TPSA) is 29.1 Å². The summed E-state index contributed by atoms with van der Waals surface area (Å²) in [5, 5.41) is 2.58. The van der Waals surface area contributed by atoms with E-state index >= 15 is 0 Å². The number of nitrogens with one attached hydrogen (secondary N) is 1. The Morgan fingerprint density at radius 3 is 2.25 bits per heavy atom. The van der Waals surface area contributed by atoms with Gasteiger partial charge in [-0.05, 0) is 42.0 Å². The van der Waals surface area contributed by atoms with E-state index in [4.69, 9.17) is 0 Å². The fraction of sp³-hybridized carbons (Fsp3) is 0.0500. The molecule has 4 heteroatoms. The molecule has 0 aromatic heterocycles. The number of thioether (sulfide) groups is 1. The van der Waals surface area contributed by atoms with Crippen molar-refractivity contribution in [2.45, 2.75) is 10.6 Å². The van der Waals surface area contributed by atoms with E-state index in [0.717, 1.165) is 11.3 Å². The summed E-state index contributed by atoms with van der Waals surface area (Å²) in [5.74, 6) is 0.0725. The second kappa shape index (κ2) is 7.79. The van der Waals surface area contributed by atoms with Crippen LogP contribution in [0, 0.1) is 5.82 Å². The van der Waals surface area contributed by atoms with Crippen molar-refractivity contribution in [2.24, 2.45) is 0 Å². The van der Waals surface area contributed by atoms with Gasteiger partial charge in [0.1, 0.15) is 5.82 Å². The zero-order chi connectivity index (χ0) is 16.8. The minimum atomic E-state index is -0.443. The third-order valence-corrected chi connectivity index (χ3v) is 4.57. The lowest BCUT2D eigenvalue weighted by atomic mass is 10.1. The van der Waals surface area contributed by atoms with Crippen molar-refractivity contribution in [1.82, 2.24) is 0 Å². The number of anilines is 1. The van der Waals surface area contributed by atoms with Gasteiger partial charge in [0, 0.05) is 16.2 Å². The SMILES string of the molecule is O=C(Nc1ccccc1F)c1ccc(CSc2ccccc2)cc1. The number of para-hydroxylation sites is 1. The van der Waals surface area contributed by atoms with Crippen LogP contribution in [-0.4, -0.2) is 5.91 Å². The first-order chi connectivity index (χ1) is 11.7. The number of carbonyl (C=O) groups excluding carboxylic acids is 1. The van der Waals surface area contributed by atoms with Gasteiger partial charge in [0.05, 0.1) is 5.69 Å². The molecule has 0 saturated carbocycles. The number of hydrogen-bond acceptors (Lipinski definition) is 2. The average molecular weight is 337 g/mol. The molecule has 1 amide bonds. The highest BCUT2D eigenvalue weighted by Gasteiger charge is 2.08. The van der Waals surface area contributed by atoms with Crippen molar-refractivity contribution >= 4 is 23.4 Å². The fourth-order valence-electron chi connectivity index (χ4n) is 2.19. The summed E-state index contributed by atoms with van der Waals surface area (Å²) in [6.07, 6.45) is 0. The lowest BCUT2D eigenvalue weighted by molar-refractivity contribution is 0.102. The van der Waals surface area contributed by atoms with Crippen molar-refractivity contribution in [3.8, 4) is 0 Å². The number of carbonyl (C=O) groups is 1. The van der Waals surface area contributed by atoms with E-state index in [-0.39, 0.29) is 11.6 Å². The molecule has 120 valence electrons. The minimum Gasteiger partial charge on any atom is -0.319 e. The summed E-state index contributed by atoms with van der Waals surface area (Å²) in [6.45, 7) is 0. The maximum Gasteiger partial charge on any atom is 0.255 e. The van der Waals surface area contributed by atoms with Gasteiger partial charge in [-0.25, -0.2) is 4.39 Å². The fourth-order valence-corrected chi connectivity index (χ4v) is 3.07. The summed E-state index contributed by atoms with van der Waals surface area (Å²) in [5.41, 5.74) is 1.82. The monoisotopic (exact) mass is 337 g/mol. The van der Waals surface area contributed by atoms with E-state index in [1.165, 1.54) is 17.0 Å². The van der Waals surface area contributed by atoms with Crippen molar-refractivity contribution < 1.29 is 9.18 Å². The molecule has 0 radical (unpaired) electrons. The molecule has 0 unspecified atom stereocenters. The van der Waals surface area contributed by atoms with Crippen LogP contribution in [0.1, 0.15) is 15.9 Å². The third-order valence-electron chi connectivity index (χ3n) is 3.49. The van der Waals surface area contributed by atoms with E-state index in [1.807, 2.05) is 30.3 Å². The second-order valence-corrected chi connectivity index (χ2v) is 6.28. The van der Waals surface area contributed by atoms with Crippen molar-refractivity contribution in [1.29, 1.82) is 0 Å². The van der Waals surface area contributed by atoms with Crippen LogP contribution in [0.4, 0.5) is 10.1 Å². The van der Waals surface area contributed by atoms with E-state index in [1.54, 1.807) is 36.0 Å². The zero-order valence-corrected chi connectivity index (χ0v) is 13.7. The average Bonchev–Trinajstić information content (AvgIpc) is 2.63. The van der Waals surface area contributed by atoms with Gasteiger partial charge in [-0.1, -0.05) is 42.5 Å². The summed E-state index contributed by atoms with van der Waals surface area (Å²) in [6, 6.07) is 23.7. The molecule has 0 fully saturated rings. The van der Waals surface area contributed by atoms with Gasteiger partial charge in [-0.15, -0.1) is 11.8 Å². The molecule has 2 nitrogen and oxygen atoms in total. The number of benzene rings is 3. The molecule has 0 spiro atoms. The highest BCUT2D eigenvalue weighted by atomic mass is 32.2. The van der Waals surface area contributed by atoms with Gasteiger partial charge < -0.3 is 5.32 Å². The predicted molar refractivity (Wildman–Crippen MR) is 96.8 cm³/mol. The van der Waals surface area contributed by atoms with Gasteiger partial charge in [-0.3, -0.25) is 4.79 Å². The first-order valence-corrected chi connectivity index (χ1v) is 8.53. The Balaban J connectivity index is 1.61. The first kappa shape index (κ1) is 16.3. The highest BCUT2D eigenvalue weighted by Crippen LogP contribution is 2.22. The van der Waals surface area contributed by atoms with Crippen LogP contribution in [0.2, 0.25) is 0 Å². The van der Waals surface area contributed by atoms with Crippen LogP contribution in [0.5, 0.6) is 0 Å². The largest absolute Gasteiger partial charge is 0.319 e. The lowest BCUT2D eigenvalue weighted by Crippen LogP contribution is -2.12. The van der Waals surface area contributed by atoms with E-state index < -0.39 is 5.82 Å². The van der Waals surface area contributed by atoms with Crippen LogP contribution < -0.4 is 5.32 Å². The lowest BCUT2D eigenvalue weighted by Gasteiger charge is -2.07. The summed E-state index contributed by atoms with van der Waals surface area (Å²) in [4.78, 5) is 13.4. The maximum absolute atomic E-state index is 13.6. The number of halogens is 1. The molecule has 3 rings (SSSR count). The van der Waals surface area contributed by atoms with Crippen molar-refractivity contribution in [3.63, 3.8) is 0 Å². The third kappa shape index (κ3) is 4.24. The number of amides is 1. The normalized spacial score (nSPS) is 10.4. The molecule has 0 aliphatic heterocycles. The number of hydrogen-bond donors (Lipinski definition) is 1. The molecule has 0 aliphatic carbocycles. The Hall–Kier alpha value is -2.59. The highest BCUT2D eigenvalue weighted by molar-refractivity contribution is 7.98. The van der Waals surface area contributed by atoms with Crippen LogP contribution in [0.3, 0.4) is 0 Å². The number of rotatable bonds is 5. The standard InChI is InChI=1S/C20H16FNOS/c21-18-8-4-5-9-19(18)22-20(23)16-12-10-15(11-13-16)14-24-17-6-2-1-3-7-17/h1-13H,14H2,(H,22,23). The molecular formula is C20H16FNOS. The van der Waals surface area contributed by atoms with Crippen molar-refractivity contribution in [3.05, 3.63) is 95.8 Å². The Labute approximate surface area is 144 Å². The zero-order valence-electron chi connectivity index (χ0n) is 12.9. The van der Waals surface area contributed by atoms with Gasteiger partial charge in [0.2, 0.25) is 0 Å². The Morgan fingerprint density at radius 1 is 0.875 bits per heavy atom. The predicted octanol–water partition coefficient (Wildman–Crippen LogP) is 5.37. The molecule has 0 aliphatic rings. The Bertz CT molecular complexity index is 819. The smallest absolute Gasteiger partial charge is 0.255 e. The van der Waals surface area contributed by atoms with Crippen LogP contribution in [0.25, 0.3) is 0 Å². The van der Waals surface area contributed by atoms with Crippen LogP contribution in [0.15, 0.2) is 83.8 Å². The molecular weight excluding hydrogens is 321 g/mol. The first-order valence-electron chi connectivity index (χ1n) is 7.55. The van der Waals surface area contributed by atoms with E-state index in [9.17, 15) is 9.18 Å². The molecule has 0 bridgehead atoms. The van der Waals surface area contributed by atoms with Crippen molar-refractivity contribution in [2.75, 3.05) is 5.32 Å². The maximum atomic E-state index is 13.6. The molecule has 24 heavy (non-hydrogen) atoms. The van der Waals surface area contributed by atoms with Gasteiger partial charge >= 0.3 is 0 Å². The summed E-state index contributed by atoms with van der Waals surface area (Å²) >= 11 is 1.74. The molecule has 0 atom stereocenters. The quantitative estimate of drug-likeness (QED) is 0.634. The van der Waals surface area contributed by atoms with E-state index in [0.29, 0.717) is 5.56 Å². The van der Waals surface area contributed by atoms with Gasteiger partial charge in [-0.2, -0.15) is 0 Å². The van der Waals surface area contributed by atoms with Gasteiger partial charge in [0.25, 0.3) is 5.91 Å². The Kier molecular flexibility index (Phi) is 5.29. The Morgan fingerprint density at radius 2 is 1.54 bits per heavy atom. The van der Waals surface area contributed by atoms with Crippen LogP contribution in [-0.2, 0) is 5.75 Å². The molecule has 0 heterocycles. The van der Waals surface area contributed by atoms with Gasteiger partial charge in [0.15, 0.2) is 0 Å². The van der Waals surface area contributed by atoms with Crippen LogP contribution >= 0.6 is 11.8 Å². The molecule has 1 N–H and O–H groups in total. The van der Waals surface area contributed by atoms with E-state index in [2.05, 4.69) is 17.4 Å². The molecule has 3 aromatic rings. The molecule has 0 saturated heterocycles. The minimum absolute atomic E-state index is 0.186. The summed E-state index contributed by atoms with van der Waals surface area (Å²) < 4.78 is 13.6.